The summed E-state index contributed by atoms with van der Waals surface area (Å²) in [5.74, 6) is -0.196. The van der Waals surface area contributed by atoms with Crippen molar-refractivity contribution in [2.75, 3.05) is 33.7 Å². The molecule has 3 fully saturated rings. The van der Waals surface area contributed by atoms with Crippen LogP contribution in [0.3, 0.4) is 0 Å². The van der Waals surface area contributed by atoms with Gasteiger partial charge in [0, 0.05) is 57.1 Å². The van der Waals surface area contributed by atoms with Crippen LogP contribution in [0.15, 0.2) is 24.3 Å². The molecule has 2 aliphatic heterocycles. The van der Waals surface area contributed by atoms with Crippen LogP contribution in [0.1, 0.15) is 92.0 Å². The zero-order valence-corrected chi connectivity index (χ0v) is 27.1. The molecule has 5 rings (SSSR count). The smallest absolute Gasteiger partial charge is 0.253 e. The Balaban J connectivity index is 1.28. The zero-order valence-electron chi connectivity index (χ0n) is 27.1. The van der Waals surface area contributed by atoms with E-state index >= 15 is 0 Å². The van der Waals surface area contributed by atoms with Crippen molar-refractivity contribution in [3.63, 3.8) is 0 Å². The Morgan fingerprint density at radius 1 is 1.09 bits per heavy atom. The van der Waals surface area contributed by atoms with E-state index in [2.05, 4.69) is 24.1 Å². The van der Waals surface area contributed by atoms with E-state index in [1.54, 1.807) is 19.0 Å². The molecule has 2 aromatic rings. The van der Waals surface area contributed by atoms with Crippen molar-refractivity contribution in [3.05, 3.63) is 46.8 Å². The van der Waals surface area contributed by atoms with Crippen molar-refractivity contribution in [1.82, 2.24) is 29.8 Å². The predicted molar refractivity (Wildman–Crippen MR) is 169 cm³/mol. The molecule has 1 aromatic carbocycles. The molecule has 10 heteroatoms. The van der Waals surface area contributed by atoms with E-state index in [1.165, 1.54) is 6.42 Å². The van der Waals surface area contributed by atoms with E-state index in [1.807, 2.05) is 40.8 Å². The minimum Gasteiger partial charge on any atom is -0.390 e. The molecular weight excluding hydrogens is 556 g/mol. The number of nitrogens with zero attached hydrogens (tertiary/aromatic N) is 5. The number of aliphatic hydroxyl groups is 1. The molecule has 240 valence electrons. The lowest BCUT2D eigenvalue weighted by Crippen LogP contribution is -2.75. The number of piperidine rings is 1. The highest BCUT2D eigenvalue weighted by molar-refractivity contribution is 6.00. The Hall–Kier alpha value is -3.24. The summed E-state index contributed by atoms with van der Waals surface area (Å²) in [5, 5.41) is 19.1. The molecule has 0 unspecified atom stereocenters. The Morgan fingerprint density at radius 2 is 1.75 bits per heavy atom. The van der Waals surface area contributed by atoms with Gasteiger partial charge in [0.05, 0.1) is 17.5 Å². The van der Waals surface area contributed by atoms with E-state index in [9.17, 15) is 19.5 Å². The van der Waals surface area contributed by atoms with Gasteiger partial charge in [-0.05, 0) is 76.1 Å². The van der Waals surface area contributed by atoms with Gasteiger partial charge in [-0.3, -0.25) is 19.3 Å². The molecule has 1 aliphatic carbocycles. The number of unbranched alkanes of at least 4 members (excludes halogenated alkanes) is 1. The first-order valence-electron chi connectivity index (χ1n) is 16.5. The highest BCUT2D eigenvalue weighted by Crippen LogP contribution is 2.37. The molecule has 0 radical (unpaired) electrons. The maximum atomic E-state index is 13.9. The number of aromatic nitrogens is 2. The third-order valence-electron chi connectivity index (χ3n) is 10.2. The first kappa shape index (κ1) is 32.2. The Labute approximate surface area is 261 Å². The number of benzene rings is 1. The summed E-state index contributed by atoms with van der Waals surface area (Å²) in [7, 11) is 3.49. The lowest BCUT2D eigenvalue weighted by molar-refractivity contribution is -0.166. The van der Waals surface area contributed by atoms with Crippen LogP contribution in [0.4, 0.5) is 0 Å². The monoisotopic (exact) mass is 606 g/mol. The van der Waals surface area contributed by atoms with E-state index in [0.717, 1.165) is 61.2 Å². The van der Waals surface area contributed by atoms with Gasteiger partial charge >= 0.3 is 0 Å². The fourth-order valence-corrected chi connectivity index (χ4v) is 7.42. The number of hydrogen-bond acceptors (Lipinski definition) is 6. The molecule has 2 saturated heterocycles. The van der Waals surface area contributed by atoms with Crippen molar-refractivity contribution in [2.24, 2.45) is 5.92 Å². The lowest BCUT2D eigenvalue weighted by atomic mass is 9.78. The number of hydrogen-bond donors (Lipinski definition) is 2. The Bertz CT molecular complexity index is 1340. The molecule has 1 aromatic heterocycles. The van der Waals surface area contributed by atoms with Crippen LogP contribution in [0.5, 0.6) is 0 Å². The molecule has 44 heavy (non-hydrogen) atoms. The summed E-state index contributed by atoms with van der Waals surface area (Å²) in [6, 6.07) is 6.66. The normalized spacial score (nSPS) is 21.9. The first-order chi connectivity index (χ1) is 21.1. The van der Waals surface area contributed by atoms with Gasteiger partial charge in [0.15, 0.2) is 0 Å². The molecule has 0 bridgehead atoms. The maximum Gasteiger partial charge on any atom is 0.253 e. The molecule has 1 spiro atoms. The molecule has 2 atom stereocenters. The van der Waals surface area contributed by atoms with Gasteiger partial charge in [0.1, 0.15) is 11.6 Å². The average Bonchev–Trinajstić information content (AvgIpc) is 3.31. The molecular formula is C34H50N6O4. The molecule has 3 amide bonds. The molecule has 3 heterocycles. The molecule has 3 aliphatic rings. The van der Waals surface area contributed by atoms with Crippen LogP contribution >= 0.6 is 0 Å². The number of likely N-dealkylation sites (tertiary alicyclic amines) is 1. The SMILES string of the molecule is CCCCN1C(=O)[C@@H]([C@H](O)C2CCCCC2)NC(=O)C12CCN(Cc1c(C)nn(-c3ccc(C(=O)N(C)C)cc3)c1C)CC2. The predicted octanol–water partition coefficient (Wildman–Crippen LogP) is 3.59. The minimum atomic E-state index is -0.869. The van der Waals surface area contributed by atoms with Crippen LogP contribution in [0, 0.1) is 19.8 Å². The largest absolute Gasteiger partial charge is 0.390 e. The van der Waals surface area contributed by atoms with Crippen molar-refractivity contribution < 1.29 is 19.5 Å². The van der Waals surface area contributed by atoms with Crippen molar-refractivity contribution >= 4 is 17.7 Å². The van der Waals surface area contributed by atoms with Crippen LogP contribution in [-0.2, 0) is 16.1 Å². The van der Waals surface area contributed by atoms with Crippen LogP contribution in [0.25, 0.3) is 5.69 Å². The van der Waals surface area contributed by atoms with Crippen molar-refractivity contribution in [3.8, 4) is 5.69 Å². The van der Waals surface area contributed by atoms with E-state index in [4.69, 9.17) is 5.10 Å². The second-order valence-electron chi connectivity index (χ2n) is 13.3. The topological polar surface area (TPSA) is 111 Å². The summed E-state index contributed by atoms with van der Waals surface area (Å²) >= 11 is 0. The zero-order chi connectivity index (χ0) is 31.6. The maximum absolute atomic E-state index is 13.9. The summed E-state index contributed by atoms with van der Waals surface area (Å²) in [4.78, 5) is 45.8. The van der Waals surface area contributed by atoms with Crippen LogP contribution < -0.4 is 5.32 Å². The van der Waals surface area contributed by atoms with Gasteiger partial charge in [-0.1, -0.05) is 32.6 Å². The fraction of sp³-hybridized carbons (Fsp3) is 0.647. The van der Waals surface area contributed by atoms with E-state index in [-0.39, 0.29) is 23.6 Å². The highest BCUT2D eigenvalue weighted by Gasteiger charge is 2.55. The number of rotatable bonds is 9. The number of nitrogens with one attached hydrogen (secondary N) is 1. The second kappa shape index (κ2) is 13.4. The van der Waals surface area contributed by atoms with Gasteiger partial charge in [-0.2, -0.15) is 5.10 Å². The highest BCUT2D eigenvalue weighted by atomic mass is 16.3. The third kappa shape index (κ3) is 6.15. The standard InChI is InChI=1S/C34H50N6O4/c1-6-7-19-39-32(43)29(30(41)25-11-9-8-10-12-25)35-33(44)34(39)17-20-38(21-18-34)22-28-23(2)36-40(24(28)3)27-15-13-26(14-16-27)31(42)37(4)5/h13-16,25,29-30,41H,6-12,17-22H2,1-5H3,(H,35,44)/t29-,30-/m1/s1. The van der Waals surface area contributed by atoms with Crippen molar-refractivity contribution in [1.29, 1.82) is 0 Å². The van der Waals surface area contributed by atoms with Gasteiger partial charge < -0.3 is 20.2 Å². The first-order valence-corrected chi connectivity index (χ1v) is 16.5. The number of carbonyl (C=O) groups is 3. The molecule has 10 nitrogen and oxygen atoms in total. The van der Waals surface area contributed by atoms with Gasteiger partial charge in [-0.15, -0.1) is 0 Å². The van der Waals surface area contributed by atoms with Crippen molar-refractivity contribution in [2.45, 2.75) is 103 Å². The number of piperazine rings is 1. The number of aliphatic hydroxyl groups excluding tert-OH is 1. The van der Waals surface area contributed by atoms with E-state index < -0.39 is 17.7 Å². The summed E-state index contributed by atoms with van der Waals surface area (Å²) in [5.41, 5.74) is 3.81. The summed E-state index contributed by atoms with van der Waals surface area (Å²) in [6.45, 7) is 8.80. The van der Waals surface area contributed by atoms with Crippen LogP contribution in [-0.4, -0.2) is 98.7 Å². The van der Waals surface area contributed by atoms with Gasteiger partial charge in [0.25, 0.3) is 5.91 Å². The van der Waals surface area contributed by atoms with Crippen LogP contribution in [0.2, 0.25) is 0 Å². The fourth-order valence-electron chi connectivity index (χ4n) is 7.42. The number of amides is 3. The van der Waals surface area contributed by atoms with Gasteiger partial charge in [0.2, 0.25) is 11.8 Å². The third-order valence-corrected chi connectivity index (χ3v) is 10.2. The Kier molecular flexibility index (Phi) is 9.80. The molecule has 1 saturated carbocycles. The molecule has 2 N–H and O–H groups in total. The second-order valence-corrected chi connectivity index (χ2v) is 13.3. The van der Waals surface area contributed by atoms with E-state index in [0.29, 0.717) is 44.6 Å². The van der Waals surface area contributed by atoms with Gasteiger partial charge in [-0.25, -0.2) is 4.68 Å². The quantitative estimate of drug-likeness (QED) is 0.452. The Morgan fingerprint density at radius 3 is 2.36 bits per heavy atom. The lowest BCUT2D eigenvalue weighted by Gasteiger charge is -2.52. The number of aryl methyl sites for hydroxylation is 1. The summed E-state index contributed by atoms with van der Waals surface area (Å²) < 4.78 is 1.93. The number of carbonyl (C=O) groups excluding carboxylic acids is 3. The minimum absolute atomic E-state index is 0.0361. The summed E-state index contributed by atoms with van der Waals surface area (Å²) in [6.07, 6.45) is 7.18. The average molecular weight is 607 g/mol.